The Morgan fingerprint density at radius 3 is 2.88 bits per heavy atom. The third-order valence-electron chi connectivity index (χ3n) is 3.22. The number of hydrogen-bond donors (Lipinski definition) is 2. The number of halogens is 2. The quantitative estimate of drug-likeness (QED) is 0.770. The minimum Gasteiger partial charge on any atom is -0.464 e. The summed E-state index contributed by atoms with van der Waals surface area (Å²) in [7, 11) is 0. The lowest BCUT2D eigenvalue weighted by atomic mass is 10.2. The van der Waals surface area contributed by atoms with Crippen molar-refractivity contribution in [3.05, 3.63) is 29.0 Å². The largest absolute Gasteiger partial charge is 0.464 e. The van der Waals surface area contributed by atoms with Crippen LogP contribution in [0.15, 0.2) is 18.2 Å². The maximum atomic E-state index is 13.1. The van der Waals surface area contributed by atoms with Crippen molar-refractivity contribution in [3.8, 4) is 0 Å². The highest BCUT2D eigenvalue weighted by Crippen LogP contribution is 2.23. The smallest absolute Gasteiger partial charge is 0.329 e. The van der Waals surface area contributed by atoms with Crippen molar-refractivity contribution in [3.63, 3.8) is 0 Å². The van der Waals surface area contributed by atoms with Crippen LogP contribution in [0.3, 0.4) is 0 Å². The van der Waals surface area contributed by atoms with E-state index in [1.165, 1.54) is 23.9 Å². The normalized spacial score (nSPS) is 20.2. The van der Waals surface area contributed by atoms with E-state index < -0.39 is 34.9 Å². The van der Waals surface area contributed by atoms with E-state index in [1.54, 1.807) is 6.92 Å². The highest BCUT2D eigenvalue weighted by Gasteiger charge is 2.34. The molecule has 2 N–H and O–H groups in total. The predicted molar refractivity (Wildman–Crippen MR) is 89.5 cm³/mol. The topological polar surface area (TPSA) is 84.5 Å². The molecule has 1 heterocycles. The van der Waals surface area contributed by atoms with E-state index in [-0.39, 0.29) is 18.1 Å². The molecule has 0 bridgehead atoms. The Bertz CT molecular complexity index is 658. The second-order valence-corrected chi connectivity index (χ2v) is 6.66. The van der Waals surface area contributed by atoms with E-state index in [1.807, 2.05) is 0 Å². The van der Waals surface area contributed by atoms with Gasteiger partial charge in [0, 0.05) is 17.9 Å². The lowest BCUT2D eigenvalue weighted by Gasteiger charge is -2.27. The summed E-state index contributed by atoms with van der Waals surface area (Å²) < 4.78 is 17.9. The lowest BCUT2D eigenvalue weighted by molar-refractivity contribution is -0.146. The summed E-state index contributed by atoms with van der Waals surface area (Å²) >= 11 is 6.86. The highest BCUT2D eigenvalue weighted by atomic mass is 35.5. The summed E-state index contributed by atoms with van der Waals surface area (Å²) in [4.78, 5) is 35.6. The molecule has 0 aromatic heterocycles. The van der Waals surface area contributed by atoms with E-state index >= 15 is 0 Å². The van der Waals surface area contributed by atoms with Crippen LogP contribution in [0.25, 0.3) is 0 Å². The molecule has 130 valence electrons. The van der Waals surface area contributed by atoms with Gasteiger partial charge in [-0.05, 0) is 25.1 Å². The van der Waals surface area contributed by atoms with Crippen LogP contribution in [-0.2, 0) is 19.1 Å². The van der Waals surface area contributed by atoms with Gasteiger partial charge in [0.2, 0.25) is 11.8 Å². The summed E-state index contributed by atoms with van der Waals surface area (Å²) in [5.74, 6) is -1.52. The van der Waals surface area contributed by atoms with Gasteiger partial charge >= 0.3 is 5.97 Å². The monoisotopic (exact) mass is 374 g/mol. The second-order valence-electron chi connectivity index (χ2n) is 5.02. The minimum atomic E-state index is -0.697. The van der Waals surface area contributed by atoms with Gasteiger partial charge in [-0.1, -0.05) is 11.6 Å². The summed E-state index contributed by atoms with van der Waals surface area (Å²) in [5.41, 5.74) is 0.344. The van der Waals surface area contributed by atoms with Gasteiger partial charge < -0.3 is 15.4 Å². The van der Waals surface area contributed by atoms with Crippen molar-refractivity contribution in [1.82, 2.24) is 5.32 Å². The van der Waals surface area contributed by atoms with Gasteiger partial charge in [0.05, 0.1) is 16.9 Å². The number of anilines is 1. The summed E-state index contributed by atoms with van der Waals surface area (Å²) in [6.45, 7) is 1.92. The zero-order chi connectivity index (χ0) is 17.7. The van der Waals surface area contributed by atoms with E-state index in [0.717, 1.165) is 6.07 Å². The van der Waals surface area contributed by atoms with Crippen molar-refractivity contribution in [2.24, 2.45) is 0 Å². The molecule has 0 radical (unpaired) electrons. The number of benzene rings is 1. The fourth-order valence-corrected chi connectivity index (χ4v) is 3.38. The molecule has 24 heavy (non-hydrogen) atoms. The van der Waals surface area contributed by atoms with Crippen LogP contribution in [0.5, 0.6) is 0 Å². The molecule has 1 aliphatic rings. The van der Waals surface area contributed by atoms with Gasteiger partial charge in [0.15, 0.2) is 0 Å². The molecular weight excluding hydrogens is 359 g/mol. The number of carbonyl (C=O) groups excluding carboxylic acids is 3. The van der Waals surface area contributed by atoms with E-state index in [0.29, 0.717) is 11.4 Å². The molecule has 1 aromatic carbocycles. The Labute approximate surface area is 147 Å². The maximum absolute atomic E-state index is 13.1. The lowest BCUT2D eigenvalue weighted by Crippen LogP contribution is -2.51. The zero-order valence-electron chi connectivity index (χ0n) is 12.8. The van der Waals surface area contributed by atoms with Crippen LogP contribution in [0.4, 0.5) is 10.1 Å². The van der Waals surface area contributed by atoms with Crippen molar-refractivity contribution >= 4 is 46.8 Å². The Kier molecular flexibility index (Phi) is 6.44. The summed E-state index contributed by atoms with van der Waals surface area (Å²) in [6.07, 6.45) is -0.0684. The van der Waals surface area contributed by atoms with Gasteiger partial charge in [-0.25, -0.2) is 9.18 Å². The maximum Gasteiger partial charge on any atom is 0.329 e. The summed E-state index contributed by atoms with van der Waals surface area (Å²) in [5, 5.41) is 4.40. The number of hydrogen-bond acceptors (Lipinski definition) is 5. The molecule has 1 saturated heterocycles. The highest BCUT2D eigenvalue weighted by molar-refractivity contribution is 8.00. The number of esters is 1. The van der Waals surface area contributed by atoms with Crippen molar-refractivity contribution < 1.29 is 23.5 Å². The Balaban J connectivity index is 1.87. The molecule has 6 nitrogen and oxygen atoms in total. The van der Waals surface area contributed by atoms with E-state index in [9.17, 15) is 18.8 Å². The van der Waals surface area contributed by atoms with Crippen LogP contribution in [0.2, 0.25) is 5.02 Å². The van der Waals surface area contributed by atoms with E-state index in [4.69, 9.17) is 16.3 Å². The molecule has 1 aromatic rings. The van der Waals surface area contributed by atoms with Crippen LogP contribution in [0.1, 0.15) is 13.3 Å². The molecule has 2 amide bonds. The third-order valence-corrected chi connectivity index (χ3v) is 4.82. The van der Waals surface area contributed by atoms with Crippen molar-refractivity contribution in [1.29, 1.82) is 0 Å². The van der Waals surface area contributed by atoms with Crippen molar-refractivity contribution in [2.75, 3.05) is 17.7 Å². The van der Waals surface area contributed by atoms with Gasteiger partial charge in [-0.15, -0.1) is 11.8 Å². The van der Waals surface area contributed by atoms with Gasteiger partial charge in [0.25, 0.3) is 0 Å². The van der Waals surface area contributed by atoms with Crippen LogP contribution in [-0.4, -0.2) is 41.4 Å². The number of amides is 2. The molecule has 0 aliphatic carbocycles. The number of nitrogens with one attached hydrogen (secondary N) is 2. The van der Waals surface area contributed by atoms with Crippen molar-refractivity contribution in [2.45, 2.75) is 24.6 Å². The average molecular weight is 375 g/mol. The van der Waals surface area contributed by atoms with E-state index in [2.05, 4.69) is 10.6 Å². The second kappa shape index (κ2) is 8.34. The number of rotatable bonds is 5. The Morgan fingerprint density at radius 1 is 1.50 bits per heavy atom. The first kappa shape index (κ1) is 18.5. The molecule has 1 aliphatic heterocycles. The average Bonchev–Trinajstić information content (AvgIpc) is 2.53. The molecule has 0 saturated carbocycles. The van der Waals surface area contributed by atoms with Crippen LogP contribution in [0, 0.1) is 5.82 Å². The molecule has 0 spiro atoms. The van der Waals surface area contributed by atoms with Gasteiger partial charge in [-0.2, -0.15) is 0 Å². The molecule has 2 rings (SSSR count). The zero-order valence-corrected chi connectivity index (χ0v) is 14.4. The Morgan fingerprint density at radius 2 is 2.25 bits per heavy atom. The van der Waals surface area contributed by atoms with Crippen LogP contribution >= 0.6 is 23.4 Å². The van der Waals surface area contributed by atoms with Crippen LogP contribution < -0.4 is 10.6 Å². The van der Waals surface area contributed by atoms with Gasteiger partial charge in [0.1, 0.15) is 11.9 Å². The number of thioether (sulfide) groups is 1. The minimum absolute atomic E-state index is 0.0684. The molecule has 9 heteroatoms. The standard InChI is InChI=1S/C15H16ClFN2O4S/c1-2-23-15(22)11-7-24-12(14(21)19-11)6-13(20)18-8-3-4-10(17)9(16)5-8/h3-5,11-12H,2,6-7H2,1H3,(H,18,20)(H,19,21)/t11-,12+/m1/s1. The summed E-state index contributed by atoms with van der Waals surface area (Å²) in [6, 6.07) is 3.12. The fourth-order valence-electron chi connectivity index (χ4n) is 2.07. The fraction of sp³-hybridized carbons (Fsp3) is 0.400. The van der Waals surface area contributed by atoms with Gasteiger partial charge in [-0.3, -0.25) is 9.59 Å². The molecular formula is C15H16ClFN2O4S. The number of ether oxygens (including phenoxy) is 1. The molecule has 1 fully saturated rings. The first-order valence-electron chi connectivity index (χ1n) is 7.24. The number of carbonyl (C=O) groups is 3. The SMILES string of the molecule is CCOC(=O)[C@H]1CS[C@@H](CC(=O)Nc2ccc(F)c(Cl)c2)C(=O)N1. The Hall–Kier alpha value is -1.80. The first-order valence-corrected chi connectivity index (χ1v) is 8.67. The first-order chi connectivity index (χ1) is 11.4. The predicted octanol–water partition coefficient (Wildman–Crippen LogP) is 1.97. The molecule has 0 unspecified atom stereocenters. The molecule has 2 atom stereocenters. The third kappa shape index (κ3) is 4.85.